The van der Waals surface area contributed by atoms with Gasteiger partial charge in [0, 0.05) is 24.2 Å². The van der Waals surface area contributed by atoms with Gasteiger partial charge in [-0.25, -0.2) is 9.59 Å². The summed E-state index contributed by atoms with van der Waals surface area (Å²) in [7, 11) is 0. The van der Waals surface area contributed by atoms with E-state index >= 15 is 0 Å². The molecule has 5 saturated carbocycles. The summed E-state index contributed by atoms with van der Waals surface area (Å²) >= 11 is 0. The second-order valence-electron chi connectivity index (χ2n) is 21.3. The van der Waals surface area contributed by atoms with Crippen molar-refractivity contribution in [2.24, 2.45) is 50.7 Å². The van der Waals surface area contributed by atoms with Gasteiger partial charge in [-0.2, -0.15) is 0 Å². The average molecular weight is 732 g/mol. The molecule has 1 saturated heterocycles. The van der Waals surface area contributed by atoms with Gasteiger partial charge in [0.2, 0.25) is 0 Å². The van der Waals surface area contributed by atoms with Gasteiger partial charge >= 0.3 is 18.0 Å². The normalized spacial score (nSPS) is 45.5. The smallest absolute Gasteiger partial charge is 0.408 e. The number of nitrogens with one attached hydrogen (secondary N) is 1. The van der Waals surface area contributed by atoms with Gasteiger partial charge < -0.3 is 34.5 Å². The van der Waals surface area contributed by atoms with Crippen LogP contribution in [0.1, 0.15) is 148 Å². The summed E-state index contributed by atoms with van der Waals surface area (Å²) in [6.07, 6.45) is 5.19. The lowest BCUT2D eigenvalue weighted by Crippen LogP contribution is -2.63. The van der Waals surface area contributed by atoms with Crippen LogP contribution >= 0.6 is 0 Å². The Morgan fingerprint density at radius 3 is 2.08 bits per heavy atom. The minimum Gasteiger partial charge on any atom is -0.462 e. The average Bonchev–Trinajstić information content (AvgIpc) is 3.33. The van der Waals surface area contributed by atoms with E-state index in [0.29, 0.717) is 12.8 Å². The Hall–Kier alpha value is -1.91. The summed E-state index contributed by atoms with van der Waals surface area (Å²) in [6, 6.07) is -0.902. The van der Waals surface area contributed by atoms with Crippen LogP contribution < -0.4 is 5.32 Å². The van der Waals surface area contributed by atoms with E-state index < -0.39 is 52.5 Å². The molecule has 1 aliphatic heterocycles. The highest BCUT2D eigenvalue weighted by Gasteiger charge is 2.85. The molecule has 0 aromatic carbocycles. The fourth-order valence-electron chi connectivity index (χ4n) is 13.8. The largest absolute Gasteiger partial charge is 0.462 e. The minimum atomic E-state index is -0.970. The molecule has 13 atom stereocenters. The molecule has 0 bridgehead atoms. The maximum absolute atomic E-state index is 14.3. The van der Waals surface area contributed by atoms with Crippen LogP contribution in [-0.2, 0) is 28.5 Å². The van der Waals surface area contributed by atoms with Crippen molar-refractivity contribution in [1.82, 2.24) is 5.32 Å². The third-order valence-corrected chi connectivity index (χ3v) is 15.9. The lowest BCUT2D eigenvalue weighted by molar-refractivity contribution is -0.225. The molecule has 5 aliphatic carbocycles. The predicted molar refractivity (Wildman–Crippen MR) is 196 cm³/mol. The molecule has 0 aromatic rings. The number of esters is 2. The maximum atomic E-state index is 14.3. The summed E-state index contributed by atoms with van der Waals surface area (Å²) in [4.78, 5) is 39.6. The van der Waals surface area contributed by atoms with E-state index in [2.05, 4.69) is 39.9 Å². The Labute approximate surface area is 312 Å². The SMILES string of the molecule is CC(=O)O[C@H]1CC[C@]23CC24CCC2(C)C([C@@]5(C)CC[C@@H](C(C)(C)O)O5)C(O)C[C@@]2(C)C4C[C@H](OC(=O)[C@@H](NC(=O)OC(C)(C)C)C(C)C)[C@H]3C1(C)C. The van der Waals surface area contributed by atoms with Crippen molar-refractivity contribution in [3.8, 4) is 0 Å². The monoisotopic (exact) mass is 731 g/mol. The van der Waals surface area contributed by atoms with Crippen LogP contribution in [0.4, 0.5) is 4.79 Å². The molecular weight excluding hydrogens is 662 g/mol. The lowest BCUT2D eigenvalue weighted by Gasteiger charge is -2.64. The van der Waals surface area contributed by atoms with Crippen LogP contribution in [0.25, 0.3) is 0 Å². The van der Waals surface area contributed by atoms with Gasteiger partial charge in [-0.3, -0.25) is 4.79 Å². The topological polar surface area (TPSA) is 141 Å². The van der Waals surface area contributed by atoms with E-state index in [-0.39, 0.29) is 63.5 Å². The number of hydrogen-bond donors (Lipinski definition) is 3. The molecule has 52 heavy (non-hydrogen) atoms. The van der Waals surface area contributed by atoms with Crippen molar-refractivity contribution in [3.05, 3.63) is 0 Å². The number of fused-ring (bicyclic) bond motifs is 2. The third kappa shape index (κ3) is 5.93. The van der Waals surface area contributed by atoms with Crippen molar-refractivity contribution < 1.29 is 43.5 Å². The van der Waals surface area contributed by atoms with Crippen molar-refractivity contribution in [2.75, 3.05) is 0 Å². The number of aliphatic hydroxyl groups excluding tert-OH is 1. The van der Waals surface area contributed by atoms with Crippen LogP contribution in [0.15, 0.2) is 0 Å². The van der Waals surface area contributed by atoms with E-state index in [1.807, 2.05) is 27.7 Å². The standard InChI is InChI=1S/C42H69NO9/c1-23(2)30(43-34(47)52-35(4,5)6)33(46)50-26-20-27-39(12)21-25(45)31(40(13)16-14-29(51-40)37(9,10)48)38(39,11)18-19-41(27)22-42(41)17-15-28(49-24(3)44)36(7,8)32(26)42/h23,25-32,45,48H,14-22H2,1-13H3,(H,43,47)/t25?,26-,27?,28-,29-,30-,31?,32-,38?,39-,40+,41?,42+/m0/s1. The summed E-state index contributed by atoms with van der Waals surface area (Å²) in [6.45, 7) is 25.5. The van der Waals surface area contributed by atoms with E-state index in [1.165, 1.54) is 6.92 Å². The Bertz CT molecular complexity index is 1450. The Morgan fingerprint density at radius 1 is 0.865 bits per heavy atom. The first-order valence-electron chi connectivity index (χ1n) is 20.1. The van der Waals surface area contributed by atoms with Crippen molar-refractivity contribution in [3.63, 3.8) is 0 Å². The van der Waals surface area contributed by atoms with Crippen LogP contribution in [0.3, 0.4) is 0 Å². The zero-order valence-electron chi connectivity index (χ0n) is 34.3. The van der Waals surface area contributed by atoms with Gasteiger partial charge in [0.25, 0.3) is 0 Å². The molecule has 3 N–H and O–H groups in total. The van der Waals surface area contributed by atoms with E-state index in [9.17, 15) is 24.6 Å². The highest BCUT2D eigenvalue weighted by molar-refractivity contribution is 5.82. The Balaban J connectivity index is 1.37. The maximum Gasteiger partial charge on any atom is 0.408 e. The van der Waals surface area contributed by atoms with Gasteiger partial charge in [-0.1, -0.05) is 41.5 Å². The first-order chi connectivity index (χ1) is 23.7. The van der Waals surface area contributed by atoms with Crippen LogP contribution in [0.2, 0.25) is 0 Å². The highest BCUT2D eigenvalue weighted by atomic mass is 16.6. The van der Waals surface area contributed by atoms with Gasteiger partial charge in [0.1, 0.15) is 23.9 Å². The minimum absolute atomic E-state index is 0.0290. The quantitative estimate of drug-likeness (QED) is 0.185. The van der Waals surface area contributed by atoms with Crippen LogP contribution in [-0.4, -0.2) is 75.5 Å². The summed E-state index contributed by atoms with van der Waals surface area (Å²) in [5, 5.41) is 25.9. The van der Waals surface area contributed by atoms with Gasteiger partial charge in [0.05, 0.1) is 23.4 Å². The molecule has 1 amide bonds. The molecule has 0 radical (unpaired) electrons. The number of hydrogen-bond acceptors (Lipinski definition) is 9. The number of ether oxygens (including phenoxy) is 4. The number of amides is 1. The Morgan fingerprint density at radius 2 is 1.52 bits per heavy atom. The summed E-state index contributed by atoms with van der Waals surface area (Å²) in [5.41, 5.74) is -3.32. The fourth-order valence-corrected chi connectivity index (χ4v) is 13.8. The second kappa shape index (κ2) is 12.3. The third-order valence-electron chi connectivity index (χ3n) is 15.9. The zero-order chi connectivity index (χ0) is 38.8. The van der Waals surface area contributed by atoms with Gasteiger partial charge in [-0.15, -0.1) is 0 Å². The highest BCUT2D eigenvalue weighted by Crippen LogP contribution is 2.89. The molecule has 10 nitrogen and oxygen atoms in total. The molecule has 6 aliphatic rings. The van der Waals surface area contributed by atoms with Gasteiger partial charge in [0.15, 0.2) is 0 Å². The summed E-state index contributed by atoms with van der Waals surface area (Å²) in [5.74, 6) is -0.998. The number of alkyl carbamates (subject to hydrolysis) is 1. The molecule has 6 rings (SSSR count). The first-order valence-corrected chi connectivity index (χ1v) is 20.1. The second-order valence-corrected chi connectivity index (χ2v) is 21.3. The molecule has 5 unspecified atom stereocenters. The van der Waals surface area contributed by atoms with E-state index in [4.69, 9.17) is 18.9 Å². The van der Waals surface area contributed by atoms with Crippen molar-refractivity contribution in [1.29, 1.82) is 0 Å². The molecule has 296 valence electrons. The number of carbonyl (C=O) groups is 3. The number of aliphatic hydroxyl groups is 2. The molecular formula is C42H69NO9. The number of rotatable bonds is 7. The van der Waals surface area contributed by atoms with Crippen molar-refractivity contribution >= 4 is 18.0 Å². The molecule has 1 heterocycles. The fraction of sp³-hybridized carbons (Fsp3) is 0.929. The Kier molecular flexibility index (Phi) is 9.40. The van der Waals surface area contributed by atoms with Crippen LogP contribution in [0.5, 0.6) is 0 Å². The lowest BCUT2D eigenvalue weighted by atomic mass is 9.41. The van der Waals surface area contributed by atoms with Crippen LogP contribution in [0, 0.1) is 50.7 Å². The number of carbonyl (C=O) groups excluding carboxylic acids is 3. The predicted octanol–water partition coefficient (Wildman–Crippen LogP) is 7.11. The first kappa shape index (κ1) is 39.8. The van der Waals surface area contributed by atoms with E-state index in [0.717, 1.165) is 44.9 Å². The van der Waals surface area contributed by atoms with E-state index in [1.54, 1.807) is 20.8 Å². The molecule has 2 spiro atoms. The zero-order valence-corrected chi connectivity index (χ0v) is 34.3. The molecule has 6 fully saturated rings. The molecule has 0 aromatic heterocycles. The van der Waals surface area contributed by atoms with Gasteiger partial charge in [-0.05, 0) is 133 Å². The van der Waals surface area contributed by atoms with Crippen molar-refractivity contribution in [2.45, 2.75) is 195 Å². The summed E-state index contributed by atoms with van der Waals surface area (Å²) < 4.78 is 25.0. The molecule has 10 heteroatoms.